The number of nitrogens with zero attached hydrogens (tertiary/aromatic N) is 2. The SMILES string of the molecule is Cc1ccc(CNC(=O)C(C)Cl)nn1. The number of rotatable bonds is 3. The highest BCUT2D eigenvalue weighted by atomic mass is 35.5. The summed E-state index contributed by atoms with van der Waals surface area (Å²) in [6, 6.07) is 3.67. The Morgan fingerprint density at radius 1 is 1.57 bits per heavy atom. The van der Waals surface area contributed by atoms with Crippen LogP contribution in [0.5, 0.6) is 0 Å². The molecular weight excluding hydrogens is 202 g/mol. The third-order valence-electron chi connectivity index (χ3n) is 1.66. The van der Waals surface area contributed by atoms with Crippen molar-refractivity contribution in [3.8, 4) is 0 Å². The van der Waals surface area contributed by atoms with Crippen LogP contribution in [0.15, 0.2) is 12.1 Å². The van der Waals surface area contributed by atoms with E-state index in [4.69, 9.17) is 11.6 Å². The Morgan fingerprint density at radius 2 is 2.29 bits per heavy atom. The number of amides is 1. The Balaban J connectivity index is 2.46. The Kier molecular flexibility index (Phi) is 3.83. The van der Waals surface area contributed by atoms with E-state index >= 15 is 0 Å². The summed E-state index contributed by atoms with van der Waals surface area (Å²) in [6.07, 6.45) is 0. The zero-order chi connectivity index (χ0) is 10.6. The lowest BCUT2D eigenvalue weighted by molar-refractivity contribution is -0.120. The first-order valence-corrected chi connectivity index (χ1v) is 4.74. The number of carbonyl (C=O) groups is 1. The minimum atomic E-state index is -0.520. The summed E-state index contributed by atoms with van der Waals surface area (Å²) < 4.78 is 0. The number of hydrogen-bond donors (Lipinski definition) is 1. The number of alkyl halides is 1. The van der Waals surface area contributed by atoms with Gasteiger partial charge in [0.1, 0.15) is 5.38 Å². The van der Waals surface area contributed by atoms with Gasteiger partial charge in [0.25, 0.3) is 0 Å². The van der Waals surface area contributed by atoms with Crippen molar-refractivity contribution in [1.29, 1.82) is 0 Å². The van der Waals surface area contributed by atoms with E-state index in [0.717, 1.165) is 11.4 Å². The quantitative estimate of drug-likeness (QED) is 0.763. The van der Waals surface area contributed by atoms with Crippen LogP contribution in [0.3, 0.4) is 0 Å². The highest BCUT2D eigenvalue weighted by molar-refractivity contribution is 6.30. The van der Waals surface area contributed by atoms with Crippen molar-refractivity contribution in [2.75, 3.05) is 0 Å². The molecular formula is C9H12ClN3O. The summed E-state index contributed by atoms with van der Waals surface area (Å²) in [5.41, 5.74) is 1.58. The molecule has 0 aliphatic heterocycles. The van der Waals surface area contributed by atoms with Crippen LogP contribution in [0.25, 0.3) is 0 Å². The molecule has 14 heavy (non-hydrogen) atoms. The molecule has 1 aromatic rings. The monoisotopic (exact) mass is 213 g/mol. The summed E-state index contributed by atoms with van der Waals surface area (Å²) in [7, 11) is 0. The third kappa shape index (κ3) is 3.30. The standard InChI is InChI=1S/C9H12ClN3O/c1-6-3-4-8(13-12-6)5-11-9(14)7(2)10/h3-4,7H,5H2,1-2H3,(H,11,14). The molecule has 1 N–H and O–H groups in total. The molecule has 1 atom stereocenters. The van der Waals surface area contributed by atoms with E-state index in [9.17, 15) is 4.79 Å². The average molecular weight is 214 g/mol. The fourth-order valence-electron chi connectivity index (χ4n) is 0.839. The summed E-state index contributed by atoms with van der Waals surface area (Å²) >= 11 is 5.57. The van der Waals surface area contributed by atoms with Crippen LogP contribution in [0, 0.1) is 6.92 Å². The largest absolute Gasteiger partial charge is 0.349 e. The molecule has 0 fully saturated rings. The van der Waals surface area contributed by atoms with Crippen LogP contribution in [-0.4, -0.2) is 21.5 Å². The Bertz CT molecular complexity index is 310. The second-order valence-corrected chi connectivity index (χ2v) is 3.65. The Morgan fingerprint density at radius 3 is 2.79 bits per heavy atom. The van der Waals surface area contributed by atoms with Crippen LogP contribution in [-0.2, 0) is 11.3 Å². The Hall–Kier alpha value is -1.16. The van der Waals surface area contributed by atoms with Gasteiger partial charge >= 0.3 is 0 Å². The van der Waals surface area contributed by atoms with Gasteiger partial charge in [0.2, 0.25) is 5.91 Å². The lowest BCUT2D eigenvalue weighted by atomic mass is 10.3. The molecule has 0 aromatic carbocycles. The molecule has 1 unspecified atom stereocenters. The lowest BCUT2D eigenvalue weighted by Gasteiger charge is -2.05. The van der Waals surface area contributed by atoms with Crippen molar-refractivity contribution >= 4 is 17.5 Å². The van der Waals surface area contributed by atoms with Gasteiger partial charge in [-0.3, -0.25) is 4.79 Å². The maximum absolute atomic E-state index is 11.1. The smallest absolute Gasteiger partial charge is 0.238 e. The van der Waals surface area contributed by atoms with Crippen molar-refractivity contribution < 1.29 is 4.79 Å². The van der Waals surface area contributed by atoms with Crippen molar-refractivity contribution in [1.82, 2.24) is 15.5 Å². The average Bonchev–Trinajstić information content (AvgIpc) is 2.16. The van der Waals surface area contributed by atoms with Gasteiger partial charge in [-0.05, 0) is 26.0 Å². The van der Waals surface area contributed by atoms with Crippen molar-refractivity contribution in [3.63, 3.8) is 0 Å². The first kappa shape index (κ1) is 10.9. The molecule has 76 valence electrons. The van der Waals surface area contributed by atoms with Crippen LogP contribution < -0.4 is 5.32 Å². The van der Waals surface area contributed by atoms with E-state index in [1.165, 1.54) is 0 Å². The molecule has 1 heterocycles. The molecule has 0 spiro atoms. The van der Waals surface area contributed by atoms with Gasteiger partial charge in [-0.25, -0.2) is 0 Å². The van der Waals surface area contributed by atoms with Crippen LogP contribution in [0.1, 0.15) is 18.3 Å². The van der Waals surface area contributed by atoms with E-state index in [1.54, 1.807) is 6.92 Å². The summed E-state index contributed by atoms with van der Waals surface area (Å²) in [5.74, 6) is -0.200. The normalized spacial score (nSPS) is 12.2. The van der Waals surface area contributed by atoms with Gasteiger partial charge in [0.15, 0.2) is 0 Å². The summed E-state index contributed by atoms with van der Waals surface area (Å²) in [4.78, 5) is 11.1. The number of nitrogens with one attached hydrogen (secondary N) is 1. The predicted molar refractivity (Wildman–Crippen MR) is 53.9 cm³/mol. The van der Waals surface area contributed by atoms with E-state index in [0.29, 0.717) is 6.54 Å². The molecule has 0 radical (unpaired) electrons. The molecule has 0 saturated carbocycles. The van der Waals surface area contributed by atoms with E-state index in [1.807, 2.05) is 19.1 Å². The molecule has 1 aromatic heterocycles. The zero-order valence-corrected chi connectivity index (χ0v) is 8.88. The highest BCUT2D eigenvalue weighted by Gasteiger charge is 2.08. The van der Waals surface area contributed by atoms with Gasteiger partial charge in [-0.15, -0.1) is 11.6 Å². The number of halogens is 1. The third-order valence-corrected chi connectivity index (χ3v) is 1.86. The van der Waals surface area contributed by atoms with Gasteiger partial charge in [-0.2, -0.15) is 10.2 Å². The van der Waals surface area contributed by atoms with E-state index in [-0.39, 0.29) is 5.91 Å². The molecule has 5 heteroatoms. The number of aryl methyl sites for hydroxylation is 1. The first-order chi connectivity index (χ1) is 6.59. The van der Waals surface area contributed by atoms with E-state index in [2.05, 4.69) is 15.5 Å². The van der Waals surface area contributed by atoms with Gasteiger partial charge in [0.05, 0.1) is 17.9 Å². The second-order valence-electron chi connectivity index (χ2n) is 3.00. The molecule has 0 bridgehead atoms. The van der Waals surface area contributed by atoms with Crippen LogP contribution in [0.4, 0.5) is 0 Å². The Labute approximate surface area is 87.7 Å². The van der Waals surface area contributed by atoms with Crippen LogP contribution >= 0.6 is 11.6 Å². The zero-order valence-electron chi connectivity index (χ0n) is 8.12. The molecule has 4 nitrogen and oxygen atoms in total. The molecule has 0 aliphatic rings. The molecule has 1 amide bonds. The molecule has 0 saturated heterocycles. The highest BCUT2D eigenvalue weighted by Crippen LogP contribution is 1.96. The van der Waals surface area contributed by atoms with Gasteiger partial charge in [-0.1, -0.05) is 0 Å². The molecule has 0 aliphatic carbocycles. The minimum absolute atomic E-state index is 0.200. The maximum Gasteiger partial charge on any atom is 0.238 e. The van der Waals surface area contributed by atoms with Crippen molar-refractivity contribution in [2.45, 2.75) is 25.8 Å². The fourth-order valence-corrected chi connectivity index (χ4v) is 0.916. The second kappa shape index (κ2) is 4.91. The number of carbonyl (C=O) groups excluding carboxylic acids is 1. The lowest BCUT2D eigenvalue weighted by Crippen LogP contribution is -2.29. The summed E-state index contributed by atoms with van der Waals surface area (Å²) in [6.45, 7) is 3.84. The van der Waals surface area contributed by atoms with Crippen LogP contribution in [0.2, 0.25) is 0 Å². The van der Waals surface area contributed by atoms with Crippen molar-refractivity contribution in [2.24, 2.45) is 0 Å². The summed E-state index contributed by atoms with van der Waals surface area (Å²) in [5, 5.41) is 9.89. The maximum atomic E-state index is 11.1. The van der Waals surface area contributed by atoms with Gasteiger partial charge in [0, 0.05) is 0 Å². The minimum Gasteiger partial charge on any atom is -0.349 e. The first-order valence-electron chi connectivity index (χ1n) is 4.30. The predicted octanol–water partition coefficient (Wildman–Crippen LogP) is 1.03. The van der Waals surface area contributed by atoms with Crippen molar-refractivity contribution in [3.05, 3.63) is 23.5 Å². The number of hydrogen-bond acceptors (Lipinski definition) is 3. The molecule has 1 rings (SSSR count). The topological polar surface area (TPSA) is 54.9 Å². The van der Waals surface area contributed by atoms with Gasteiger partial charge < -0.3 is 5.32 Å². The fraction of sp³-hybridized carbons (Fsp3) is 0.444. The van der Waals surface area contributed by atoms with E-state index < -0.39 is 5.38 Å². The number of aromatic nitrogens is 2.